The SMILES string of the molecule is CCCC1CCC(N)C(CN2CCSC(C)C2)C1. The van der Waals surface area contributed by atoms with Crippen molar-refractivity contribution in [2.45, 2.75) is 57.2 Å². The molecule has 0 aromatic rings. The van der Waals surface area contributed by atoms with E-state index < -0.39 is 0 Å². The molecule has 1 heterocycles. The van der Waals surface area contributed by atoms with Crippen LogP contribution in [-0.4, -0.2) is 41.6 Å². The highest BCUT2D eigenvalue weighted by atomic mass is 32.2. The van der Waals surface area contributed by atoms with Gasteiger partial charge < -0.3 is 10.6 Å². The molecule has 2 aliphatic rings. The van der Waals surface area contributed by atoms with Gasteiger partial charge in [0.05, 0.1) is 0 Å². The monoisotopic (exact) mass is 270 g/mol. The summed E-state index contributed by atoms with van der Waals surface area (Å²) in [7, 11) is 0. The van der Waals surface area contributed by atoms with E-state index in [2.05, 4.69) is 30.5 Å². The summed E-state index contributed by atoms with van der Waals surface area (Å²) in [4.78, 5) is 2.67. The van der Waals surface area contributed by atoms with Gasteiger partial charge in [0, 0.05) is 36.7 Å². The highest BCUT2D eigenvalue weighted by Crippen LogP contribution is 2.32. The molecule has 2 nitrogen and oxygen atoms in total. The summed E-state index contributed by atoms with van der Waals surface area (Å²) in [6.45, 7) is 8.47. The molecule has 0 radical (unpaired) electrons. The molecule has 2 rings (SSSR count). The molecule has 0 spiro atoms. The van der Waals surface area contributed by atoms with E-state index in [9.17, 15) is 0 Å². The van der Waals surface area contributed by atoms with Gasteiger partial charge in [0.1, 0.15) is 0 Å². The summed E-state index contributed by atoms with van der Waals surface area (Å²) in [5.41, 5.74) is 6.36. The van der Waals surface area contributed by atoms with E-state index >= 15 is 0 Å². The van der Waals surface area contributed by atoms with Crippen LogP contribution in [0.4, 0.5) is 0 Å². The molecule has 3 heteroatoms. The second-order valence-corrected chi connectivity index (χ2v) is 7.88. The summed E-state index contributed by atoms with van der Waals surface area (Å²) in [5.74, 6) is 3.02. The molecule has 2 N–H and O–H groups in total. The van der Waals surface area contributed by atoms with E-state index in [1.165, 1.54) is 57.5 Å². The van der Waals surface area contributed by atoms with Gasteiger partial charge in [-0.15, -0.1) is 0 Å². The van der Waals surface area contributed by atoms with Crippen LogP contribution in [0.15, 0.2) is 0 Å². The Morgan fingerprint density at radius 2 is 2.17 bits per heavy atom. The minimum absolute atomic E-state index is 0.461. The minimum atomic E-state index is 0.461. The Morgan fingerprint density at radius 1 is 1.33 bits per heavy atom. The lowest BCUT2D eigenvalue weighted by molar-refractivity contribution is 0.155. The highest BCUT2D eigenvalue weighted by molar-refractivity contribution is 7.99. The molecule has 4 atom stereocenters. The molecule has 106 valence electrons. The normalized spacial score (nSPS) is 38.8. The average molecular weight is 270 g/mol. The summed E-state index contributed by atoms with van der Waals surface area (Å²) in [6, 6.07) is 0.461. The van der Waals surface area contributed by atoms with Crippen molar-refractivity contribution in [2.75, 3.05) is 25.4 Å². The maximum atomic E-state index is 6.36. The molecular weight excluding hydrogens is 240 g/mol. The summed E-state index contributed by atoms with van der Waals surface area (Å²) in [6.07, 6.45) is 6.76. The smallest absolute Gasteiger partial charge is 0.0147 e. The lowest BCUT2D eigenvalue weighted by Crippen LogP contribution is -2.46. The molecule has 0 aromatic heterocycles. The van der Waals surface area contributed by atoms with Gasteiger partial charge in [0.15, 0.2) is 0 Å². The van der Waals surface area contributed by atoms with Crippen molar-refractivity contribution >= 4 is 11.8 Å². The molecule has 1 saturated carbocycles. The second-order valence-electron chi connectivity index (χ2n) is 6.33. The van der Waals surface area contributed by atoms with Crippen molar-refractivity contribution in [2.24, 2.45) is 17.6 Å². The maximum Gasteiger partial charge on any atom is 0.0147 e. The molecule has 2 fully saturated rings. The zero-order valence-electron chi connectivity index (χ0n) is 12.1. The van der Waals surface area contributed by atoms with E-state index in [-0.39, 0.29) is 0 Å². The van der Waals surface area contributed by atoms with Gasteiger partial charge >= 0.3 is 0 Å². The Balaban J connectivity index is 1.82. The fourth-order valence-electron chi connectivity index (χ4n) is 3.65. The van der Waals surface area contributed by atoms with Crippen LogP contribution in [0.3, 0.4) is 0 Å². The molecule has 0 amide bonds. The number of nitrogens with zero attached hydrogens (tertiary/aromatic N) is 1. The van der Waals surface area contributed by atoms with Crippen LogP contribution in [0.5, 0.6) is 0 Å². The molecule has 1 saturated heterocycles. The number of rotatable bonds is 4. The number of nitrogens with two attached hydrogens (primary N) is 1. The third-order valence-corrected chi connectivity index (χ3v) is 5.80. The lowest BCUT2D eigenvalue weighted by atomic mass is 9.76. The highest BCUT2D eigenvalue weighted by Gasteiger charge is 2.30. The lowest BCUT2D eigenvalue weighted by Gasteiger charge is -2.39. The summed E-state index contributed by atoms with van der Waals surface area (Å²) < 4.78 is 0. The largest absolute Gasteiger partial charge is 0.327 e. The van der Waals surface area contributed by atoms with E-state index in [0.717, 1.165) is 17.1 Å². The van der Waals surface area contributed by atoms with Crippen molar-refractivity contribution in [1.29, 1.82) is 0 Å². The molecular formula is C15H30N2S. The van der Waals surface area contributed by atoms with Crippen LogP contribution < -0.4 is 5.73 Å². The standard InChI is InChI=1S/C15H30N2S/c1-3-4-13-5-6-15(16)14(9-13)11-17-7-8-18-12(2)10-17/h12-15H,3-11,16H2,1-2H3. The topological polar surface area (TPSA) is 29.3 Å². The van der Waals surface area contributed by atoms with Crippen molar-refractivity contribution in [3.05, 3.63) is 0 Å². The predicted octanol–water partition coefficient (Wildman–Crippen LogP) is 2.97. The van der Waals surface area contributed by atoms with Crippen LogP contribution in [0.2, 0.25) is 0 Å². The zero-order chi connectivity index (χ0) is 13.0. The summed E-state index contributed by atoms with van der Waals surface area (Å²) in [5, 5.41) is 0.810. The number of hydrogen-bond donors (Lipinski definition) is 1. The predicted molar refractivity (Wildman–Crippen MR) is 82.1 cm³/mol. The van der Waals surface area contributed by atoms with E-state index in [4.69, 9.17) is 5.73 Å². The van der Waals surface area contributed by atoms with Crippen LogP contribution >= 0.6 is 11.8 Å². The van der Waals surface area contributed by atoms with Crippen molar-refractivity contribution in [3.63, 3.8) is 0 Å². The molecule has 4 unspecified atom stereocenters. The first-order chi connectivity index (χ1) is 8.69. The molecule has 18 heavy (non-hydrogen) atoms. The minimum Gasteiger partial charge on any atom is -0.327 e. The van der Waals surface area contributed by atoms with Crippen molar-refractivity contribution < 1.29 is 0 Å². The van der Waals surface area contributed by atoms with Crippen LogP contribution in [0.25, 0.3) is 0 Å². The number of hydrogen-bond acceptors (Lipinski definition) is 3. The van der Waals surface area contributed by atoms with Gasteiger partial charge in [0.25, 0.3) is 0 Å². The fourth-order valence-corrected chi connectivity index (χ4v) is 4.74. The van der Waals surface area contributed by atoms with E-state index in [1.54, 1.807) is 0 Å². The first kappa shape index (κ1) is 14.7. The van der Waals surface area contributed by atoms with E-state index in [0.29, 0.717) is 6.04 Å². The molecule has 1 aliphatic carbocycles. The Kier molecular flexibility index (Phi) is 5.84. The Hall–Kier alpha value is 0.270. The summed E-state index contributed by atoms with van der Waals surface area (Å²) >= 11 is 2.12. The van der Waals surface area contributed by atoms with Gasteiger partial charge in [0.2, 0.25) is 0 Å². The molecule has 1 aliphatic heterocycles. The Morgan fingerprint density at radius 3 is 2.89 bits per heavy atom. The number of thioether (sulfide) groups is 1. The molecule has 0 bridgehead atoms. The first-order valence-electron chi connectivity index (χ1n) is 7.78. The zero-order valence-corrected chi connectivity index (χ0v) is 12.9. The quantitative estimate of drug-likeness (QED) is 0.851. The van der Waals surface area contributed by atoms with Gasteiger partial charge in [-0.05, 0) is 31.1 Å². The van der Waals surface area contributed by atoms with Crippen LogP contribution in [0.1, 0.15) is 46.0 Å². The van der Waals surface area contributed by atoms with Crippen LogP contribution in [0, 0.1) is 11.8 Å². The fraction of sp³-hybridized carbons (Fsp3) is 1.00. The van der Waals surface area contributed by atoms with Gasteiger partial charge in [-0.2, -0.15) is 11.8 Å². The third kappa shape index (κ3) is 4.14. The third-order valence-electron chi connectivity index (χ3n) is 4.66. The van der Waals surface area contributed by atoms with Crippen molar-refractivity contribution in [3.8, 4) is 0 Å². The second kappa shape index (κ2) is 7.16. The molecule has 0 aromatic carbocycles. The maximum absolute atomic E-state index is 6.36. The van der Waals surface area contributed by atoms with Gasteiger partial charge in [-0.25, -0.2) is 0 Å². The van der Waals surface area contributed by atoms with Crippen molar-refractivity contribution in [1.82, 2.24) is 4.90 Å². The first-order valence-corrected chi connectivity index (χ1v) is 8.83. The van der Waals surface area contributed by atoms with Gasteiger partial charge in [-0.1, -0.05) is 26.7 Å². The Bertz CT molecular complexity index is 247. The van der Waals surface area contributed by atoms with E-state index in [1.807, 2.05) is 0 Å². The van der Waals surface area contributed by atoms with Gasteiger partial charge in [-0.3, -0.25) is 0 Å². The average Bonchev–Trinajstić information content (AvgIpc) is 2.34. The van der Waals surface area contributed by atoms with Crippen LogP contribution in [-0.2, 0) is 0 Å². The Labute approximate surface area is 117 Å².